The summed E-state index contributed by atoms with van der Waals surface area (Å²) in [5.41, 5.74) is 3.01. The first kappa shape index (κ1) is 16.0. The van der Waals surface area contributed by atoms with E-state index in [-0.39, 0.29) is 11.5 Å². The average Bonchev–Trinajstić information content (AvgIpc) is 2.98. The van der Waals surface area contributed by atoms with Crippen molar-refractivity contribution < 1.29 is 9.53 Å². The van der Waals surface area contributed by atoms with E-state index in [0.717, 1.165) is 21.1 Å². The van der Waals surface area contributed by atoms with Crippen molar-refractivity contribution in [3.05, 3.63) is 62.1 Å². The molecule has 126 valence electrons. The number of nitrogens with zero attached hydrogens (tertiary/aromatic N) is 1. The highest BCUT2D eigenvalue weighted by Gasteiger charge is 2.42. The number of nitrogens with one attached hydrogen (secondary N) is 1. The SMILES string of the molecule is COc1ccc2c(c1N=O)C(C)(C)c1[nH]c3cc(Br)ccc3c1C2=O. The molecule has 2 aromatic carbocycles. The van der Waals surface area contributed by atoms with Crippen LogP contribution in [0.2, 0.25) is 0 Å². The van der Waals surface area contributed by atoms with Crippen LogP contribution in [0.4, 0.5) is 5.69 Å². The fraction of sp³-hybridized carbons (Fsp3) is 0.211. The van der Waals surface area contributed by atoms with E-state index >= 15 is 0 Å². The lowest BCUT2D eigenvalue weighted by molar-refractivity contribution is 0.103. The highest BCUT2D eigenvalue weighted by molar-refractivity contribution is 9.10. The van der Waals surface area contributed by atoms with E-state index in [1.54, 1.807) is 12.1 Å². The summed E-state index contributed by atoms with van der Waals surface area (Å²) in [6.45, 7) is 3.96. The Morgan fingerprint density at radius 2 is 1.96 bits per heavy atom. The second-order valence-electron chi connectivity index (χ2n) is 6.65. The molecule has 0 aliphatic heterocycles. The number of carbonyl (C=O) groups is 1. The third kappa shape index (κ3) is 2.03. The first-order chi connectivity index (χ1) is 11.9. The predicted molar refractivity (Wildman–Crippen MR) is 100 cm³/mol. The summed E-state index contributed by atoms with van der Waals surface area (Å²) in [7, 11) is 1.49. The summed E-state index contributed by atoms with van der Waals surface area (Å²) in [5, 5.41) is 4.05. The van der Waals surface area contributed by atoms with E-state index in [1.165, 1.54) is 7.11 Å². The number of hydrogen-bond donors (Lipinski definition) is 1. The number of carbonyl (C=O) groups excluding carboxylic acids is 1. The molecule has 1 aliphatic carbocycles. The number of benzene rings is 2. The summed E-state index contributed by atoms with van der Waals surface area (Å²) in [4.78, 5) is 28.1. The molecule has 0 saturated heterocycles. The van der Waals surface area contributed by atoms with Gasteiger partial charge in [-0.15, -0.1) is 4.91 Å². The van der Waals surface area contributed by atoms with Crippen molar-refractivity contribution >= 4 is 38.3 Å². The number of aromatic nitrogens is 1. The molecule has 3 aromatic rings. The zero-order valence-electron chi connectivity index (χ0n) is 13.9. The molecule has 6 heteroatoms. The van der Waals surface area contributed by atoms with Gasteiger partial charge in [-0.25, -0.2) is 0 Å². The van der Waals surface area contributed by atoms with Gasteiger partial charge in [0.15, 0.2) is 11.5 Å². The van der Waals surface area contributed by atoms with E-state index in [2.05, 4.69) is 26.1 Å². The Balaban J connectivity index is 2.12. The number of hydrogen-bond acceptors (Lipinski definition) is 4. The summed E-state index contributed by atoms with van der Waals surface area (Å²) < 4.78 is 6.20. The van der Waals surface area contributed by atoms with E-state index in [1.807, 2.05) is 32.0 Å². The molecule has 0 unspecified atom stereocenters. The lowest BCUT2D eigenvalue weighted by atomic mass is 9.70. The number of H-pyrrole nitrogens is 1. The topological polar surface area (TPSA) is 71.5 Å². The number of nitroso groups, excluding NO2 is 1. The van der Waals surface area contributed by atoms with Crippen molar-refractivity contribution in [3.63, 3.8) is 0 Å². The van der Waals surface area contributed by atoms with Crippen LogP contribution in [-0.4, -0.2) is 17.9 Å². The lowest BCUT2D eigenvalue weighted by Crippen LogP contribution is -2.30. The Morgan fingerprint density at radius 3 is 2.64 bits per heavy atom. The van der Waals surface area contributed by atoms with Gasteiger partial charge in [-0.3, -0.25) is 4.79 Å². The first-order valence-electron chi connectivity index (χ1n) is 7.81. The van der Waals surface area contributed by atoms with Crippen LogP contribution in [0.25, 0.3) is 10.9 Å². The number of rotatable bonds is 2. The maximum Gasteiger partial charge on any atom is 0.195 e. The quantitative estimate of drug-likeness (QED) is 0.602. The van der Waals surface area contributed by atoms with Crippen LogP contribution in [-0.2, 0) is 5.41 Å². The summed E-state index contributed by atoms with van der Waals surface area (Å²) in [6, 6.07) is 9.13. The van der Waals surface area contributed by atoms with Gasteiger partial charge in [-0.05, 0) is 29.4 Å². The maximum atomic E-state index is 13.2. The fourth-order valence-corrected chi connectivity index (χ4v) is 4.14. The Labute approximate surface area is 152 Å². The smallest absolute Gasteiger partial charge is 0.195 e. The van der Waals surface area contributed by atoms with Crippen LogP contribution in [0.1, 0.15) is 41.0 Å². The second-order valence-corrected chi connectivity index (χ2v) is 7.56. The lowest BCUT2D eigenvalue weighted by Gasteiger charge is -2.33. The second kappa shape index (κ2) is 5.26. The number of ketones is 1. The van der Waals surface area contributed by atoms with Gasteiger partial charge < -0.3 is 9.72 Å². The molecule has 0 radical (unpaired) electrons. The zero-order chi connectivity index (χ0) is 17.9. The van der Waals surface area contributed by atoms with Crippen molar-refractivity contribution in [2.45, 2.75) is 19.3 Å². The van der Waals surface area contributed by atoms with Crippen molar-refractivity contribution in [3.8, 4) is 5.75 Å². The van der Waals surface area contributed by atoms with Crippen LogP contribution < -0.4 is 4.74 Å². The minimum Gasteiger partial charge on any atom is -0.494 e. The molecule has 5 nitrogen and oxygen atoms in total. The largest absolute Gasteiger partial charge is 0.494 e. The standard InChI is InChI=1S/C19H15BrN2O3/c1-19(2)15-11(6-7-13(25-3)16(15)22-24)17(23)14-10-5-4-9(20)8-12(10)21-18(14)19/h4-8,21H,1-3H3. The van der Waals surface area contributed by atoms with Crippen LogP contribution in [0, 0.1) is 4.91 Å². The van der Waals surface area contributed by atoms with Crippen LogP contribution >= 0.6 is 15.9 Å². The maximum absolute atomic E-state index is 13.2. The molecule has 0 atom stereocenters. The number of methoxy groups -OCH3 is 1. The highest BCUT2D eigenvalue weighted by Crippen LogP contribution is 2.49. The molecule has 1 aromatic heterocycles. The van der Waals surface area contributed by atoms with Crippen molar-refractivity contribution in [1.82, 2.24) is 4.98 Å². The Kier molecular flexibility index (Phi) is 3.37. The summed E-state index contributed by atoms with van der Waals surface area (Å²) in [6.07, 6.45) is 0. The van der Waals surface area contributed by atoms with Crippen molar-refractivity contribution in [2.75, 3.05) is 7.11 Å². The number of fused-ring (bicyclic) bond motifs is 4. The average molecular weight is 399 g/mol. The van der Waals surface area contributed by atoms with Crippen molar-refractivity contribution in [1.29, 1.82) is 0 Å². The highest BCUT2D eigenvalue weighted by atomic mass is 79.9. The molecule has 1 N–H and O–H groups in total. The third-order valence-electron chi connectivity index (χ3n) is 4.93. The predicted octanol–water partition coefficient (Wildman–Crippen LogP) is 5.21. The van der Waals surface area contributed by atoms with E-state index in [0.29, 0.717) is 22.4 Å². The van der Waals surface area contributed by atoms with E-state index in [4.69, 9.17) is 4.74 Å². The molecule has 0 fully saturated rings. The molecule has 4 rings (SSSR count). The van der Waals surface area contributed by atoms with Gasteiger partial charge in [0.1, 0.15) is 5.75 Å². The van der Waals surface area contributed by atoms with Gasteiger partial charge in [0.2, 0.25) is 0 Å². The first-order valence-corrected chi connectivity index (χ1v) is 8.60. The molecule has 1 aliphatic rings. The monoisotopic (exact) mass is 398 g/mol. The molecule has 0 spiro atoms. The molecule has 1 heterocycles. The molecule has 0 amide bonds. The fourth-order valence-electron chi connectivity index (χ4n) is 3.78. The third-order valence-corrected chi connectivity index (χ3v) is 5.43. The Hall–Kier alpha value is -2.47. The number of aromatic amines is 1. The zero-order valence-corrected chi connectivity index (χ0v) is 15.5. The van der Waals surface area contributed by atoms with Crippen molar-refractivity contribution in [2.24, 2.45) is 5.18 Å². The molecule has 0 bridgehead atoms. The van der Waals surface area contributed by atoms with Gasteiger partial charge in [-0.2, -0.15) is 0 Å². The van der Waals surface area contributed by atoms with E-state index < -0.39 is 5.41 Å². The summed E-state index contributed by atoms with van der Waals surface area (Å²) >= 11 is 3.46. The molecule has 0 saturated carbocycles. The minimum absolute atomic E-state index is 0.106. The van der Waals surface area contributed by atoms with Gasteiger partial charge >= 0.3 is 0 Å². The summed E-state index contributed by atoms with van der Waals surface area (Å²) in [5.74, 6) is 0.266. The number of halogens is 1. The number of ether oxygens (including phenoxy) is 1. The normalized spacial score (nSPS) is 15.0. The molecular weight excluding hydrogens is 384 g/mol. The van der Waals surface area contributed by atoms with Gasteiger partial charge in [0.25, 0.3) is 0 Å². The Morgan fingerprint density at radius 1 is 1.20 bits per heavy atom. The van der Waals surface area contributed by atoms with Crippen LogP contribution in [0.3, 0.4) is 0 Å². The van der Waals surface area contributed by atoms with Gasteiger partial charge in [0, 0.05) is 37.6 Å². The molecular formula is C19H15BrN2O3. The Bertz CT molecular complexity index is 1070. The van der Waals surface area contributed by atoms with Crippen LogP contribution in [0.15, 0.2) is 40.0 Å². The van der Waals surface area contributed by atoms with Gasteiger partial charge in [-0.1, -0.05) is 35.8 Å². The minimum atomic E-state index is -0.595. The van der Waals surface area contributed by atoms with Gasteiger partial charge in [0.05, 0.1) is 12.7 Å². The van der Waals surface area contributed by atoms with Crippen LogP contribution in [0.5, 0.6) is 5.75 Å². The molecule has 25 heavy (non-hydrogen) atoms. The van der Waals surface area contributed by atoms with E-state index in [9.17, 15) is 9.70 Å².